The molecule has 0 saturated heterocycles. The number of fused-ring (bicyclic) bond motifs is 4. The summed E-state index contributed by atoms with van der Waals surface area (Å²) in [5, 5.41) is 31.1. The maximum atomic E-state index is 10.8. The van der Waals surface area contributed by atoms with Gasteiger partial charge in [-0.3, -0.25) is 0 Å². The summed E-state index contributed by atoms with van der Waals surface area (Å²) >= 11 is 0. The third kappa shape index (κ3) is 1.73. The Balaban J connectivity index is 1.84. The summed E-state index contributed by atoms with van der Waals surface area (Å²) in [6.07, 6.45) is 10.2. The minimum absolute atomic E-state index is 0.0451. The van der Waals surface area contributed by atoms with Crippen molar-refractivity contribution in [2.24, 2.45) is 22.7 Å². The van der Waals surface area contributed by atoms with Gasteiger partial charge in [-0.05, 0) is 37.2 Å². The molecular weight excluding hydrogens is 276 g/mol. The zero-order chi connectivity index (χ0) is 15.7. The third-order valence-electron chi connectivity index (χ3n) is 7.02. The fourth-order valence-electron chi connectivity index (χ4n) is 5.46. The lowest BCUT2D eigenvalue weighted by Gasteiger charge is -2.53. The van der Waals surface area contributed by atoms with Crippen LogP contribution in [0.15, 0.2) is 35.5 Å². The molecule has 7 atom stereocenters. The minimum atomic E-state index is -0.439. The zero-order valence-corrected chi connectivity index (χ0v) is 13.4. The molecule has 0 heterocycles. The van der Waals surface area contributed by atoms with Crippen LogP contribution in [0.2, 0.25) is 0 Å². The maximum absolute atomic E-state index is 10.8. The predicted molar refractivity (Wildman–Crippen MR) is 85.0 cm³/mol. The van der Waals surface area contributed by atoms with E-state index in [9.17, 15) is 15.3 Å². The zero-order valence-electron chi connectivity index (χ0n) is 13.4. The summed E-state index contributed by atoms with van der Waals surface area (Å²) in [4.78, 5) is 0. The molecule has 3 nitrogen and oxygen atoms in total. The molecule has 4 aliphatic carbocycles. The van der Waals surface area contributed by atoms with Crippen LogP contribution in [0, 0.1) is 22.7 Å². The highest BCUT2D eigenvalue weighted by atomic mass is 16.3. The lowest BCUT2D eigenvalue weighted by Crippen LogP contribution is -2.48. The van der Waals surface area contributed by atoms with E-state index in [1.165, 1.54) is 5.57 Å². The highest BCUT2D eigenvalue weighted by molar-refractivity contribution is 5.43. The highest BCUT2D eigenvalue weighted by Gasteiger charge is 2.54. The molecule has 4 aliphatic rings. The Morgan fingerprint density at radius 2 is 1.82 bits per heavy atom. The van der Waals surface area contributed by atoms with Gasteiger partial charge in [0.25, 0.3) is 0 Å². The van der Waals surface area contributed by atoms with Crippen LogP contribution in [0.4, 0.5) is 0 Å². The van der Waals surface area contributed by atoms with Gasteiger partial charge in [0.05, 0.1) is 18.3 Å². The van der Waals surface area contributed by atoms with Crippen LogP contribution < -0.4 is 0 Å². The van der Waals surface area contributed by atoms with Crippen molar-refractivity contribution in [3.63, 3.8) is 0 Å². The molecule has 0 radical (unpaired) electrons. The fourth-order valence-corrected chi connectivity index (χ4v) is 5.46. The summed E-state index contributed by atoms with van der Waals surface area (Å²) in [6.45, 7) is 4.41. The van der Waals surface area contributed by atoms with Crippen LogP contribution in [0.1, 0.15) is 39.5 Å². The van der Waals surface area contributed by atoms with Gasteiger partial charge in [0.1, 0.15) is 0 Å². The Bertz CT molecular complexity index is 589. The van der Waals surface area contributed by atoms with E-state index in [-0.39, 0.29) is 22.9 Å². The number of aliphatic hydroxyl groups is 3. The van der Waals surface area contributed by atoms with Crippen molar-refractivity contribution in [2.75, 3.05) is 0 Å². The summed E-state index contributed by atoms with van der Waals surface area (Å²) in [7, 11) is 0. The second-order valence-corrected chi connectivity index (χ2v) is 8.14. The molecule has 22 heavy (non-hydrogen) atoms. The lowest BCUT2D eigenvalue weighted by atomic mass is 9.52. The van der Waals surface area contributed by atoms with Crippen molar-refractivity contribution in [1.29, 1.82) is 0 Å². The summed E-state index contributed by atoms with van der Waals surface area (Å²) < 4.78 is 0. The summed E-state index contributed by atoms with van der Waals surface area (Å²) in [5.41, 5.74) is 2.30. The number of allylic oxidation sites excluding steroid dienone is 3. The molecule has 4 unspecified atom stereocenters. The molecule has 4 rings (SSSR count). The van der Waals surface area contributed by atoms with Crippen LogP contribution in [-0.2, 0) is 0 Å². The Hall–Kier alpha value is -0.900. The van der Waals surface area contributed by atoms with Crippen LogP contribution in [0.25, 0.3) is 0 Å². The third-order valence-corrected chi connectivity index (χ3v) is 7.02. The number of hydrogen-bond donors (Lipinski definition) is 3. The molecule has 0 fully saturated rings. The molecule has 0 saturated carbocycles. The SMILES string of the molecule is C[C@]12C=CC(O)CC1CC(O)C1=C2CC[C@]2(C)C(O)C=C[C@@H]12. The molecule has 120 valence electrons. The topological polar surface area (TPSA) is 60.7 Å². The maximum Gasteiger partial charge on any atom is 0.0783 e. The van der Waals surface area contributed by atoms with Gasteiger partial charge in [0.2, 0.25) is 0 Å². The Labute approximate surface area is 132 Å². The summed E-state index contributed by atoms with van der Waals surface area (Å²) in [6, 6.07) is 0. The van der Waals surface area contributed by atoms with Gasteiger partial charge in [0, 0.05) is 16.7 Å². The van der Waals surface area contributed by atoms with E-state index in [1.807, 2.05) is 12.2 Å². The molecule has 0 amide bonds. The van der Waals surface area contributed by atoms with Gasteiger partial charge in [-0.25, -0.2) is 0 Å². The predicted octanol–water partition coefficient (Wildman–Crippen LogP) is 2.34. The van der Waals surface area contributed by atoms with E-state index >= 15 is 0 Å². The first kappa shape index (κ1) is 14.7. The van der Waals surface area contributed by atoms with Gasteiger partial charge in [-0.2, -0.15) is 0 Å². The number of aliphatic hydroxyl groups excluding tert-OH is 3. The molecule has 0 spiro atoms. The van der Waals surface area contributed by atoms with Gasteiger partial charge in [0.15, 0.2) is 0 Å². The smallest absolute Gasteiger partial charge is 0.0783 e. The van der Waals surface area contributed by atoms with E-state index in [1.54, 1.807) is 0 Å². The standard InChI is InChI=1S/C19H26O3/c1-18-7-5-12(20)9-11(18)10-15(21)17-13-3-4-16(22)19(13,2)8-6-14(17)18/h3-5,7,11-13,15-16,20-22H,6,8-10H2,1-2H3/t11?,12?,13-,15?,16?,18-,19-/m0/s1. The molecule has 0 aromatic rings. The van der Waals surface area contributed by atoms with E-state index < -0.39 is 12.2 Å². The Morgan fingerprint density at radius 1 is 1.05 bits per heavy atom. The molecule has 3 heteroatoms. The van der Waals surface area contributed by atoms with Crippen LogP contribution >= 0.6 is 0 Å². The van der Waals surface area contributed by atoms with Gasteiger partial charge >= 0.3 is 0 Å². The second-order valence-electron chi connectivity index (χ2n) is 8.14. The average Bonchev–Trinajstić information content (AvgIpc) is 2.77. The minimum Gasteiger partial charge on any atom is -0.389 e. The average molecular weight is 302 g/mol. The van der Waals surface area contributed by atoms with Crippen molar-refractivity contribution in [1.82, 2.24) is 0 Å². The van der Waals surface area contributed by atoms with E-state index in [0.717, 1.165) is 24.8 Å². The van der Waals surface area contributed by atoms with Crippen LogP contribution in [0.5, 0.6) is 0 Å². The lowest BCUT2D eigenvalue weighted by molar-refractivity contribution is 0.0166. The largest absolute Gasteiger partial charge is 0.389 e. The number of hydrogen-bond acceptors (Lipinski definition) is 3. The quantitative estimate of drug-likeness (QED) is 0.602. The van der Waals surface area contributed by atoms with Gasteiger partial charge in [-0.1, -0.05) is 43.7 Å². The molecule has 0 bridgehead atoms. The molecule has 3 N–H and O–H groups in total. The van der Waals surface area contributed by atoms with Crippen molar-refractivity contribution in [2.45, 2.75) is 57.8 Å². The molecular formula is C19H26O3. The molecule has 0 aliphatic heterocycles. The van der Waals surface area contributed by atoms with Crippen molar-refractivity contribution in [3.8, 4) is 0 Å². The van der Waals surface area contributed by atoms with Crippen LogP contribution in [0.3, 0.4) is 0 Å². The van der Waals surface area contributed by atoms with E-state index in [2.05, 4.69) is 26.0 Å². The highest BCUT2D eigenvalue weighted by Crippen LogP contribution is 2.60. The Morgan fingerprint density at radius 3 is 2.59 bits per heavy atom. The summed E-state index contributed by atoms with van der Waals surface area (Å²) in [5.74, 6) is 0.459. The Kier molecular flexibility index (Phi) is 3.04. The second kappa shape index (κ2) is 4.56. The first-order valence-electron chi connectivity index (χ1n) is 8.51. The first-order chi connectivity index (χ1) is 10.4. The van der Waals surface area contributed by atoms with Crippen molar-refractivity contribution in [3.05, 3.63) is 35.5 Å². The van der Waals surface area contributed by atoms with E-state index in [0.29, 0.717) is 12.3 Å². The van der Waals surface area contributed by atoms with Crippen molar-refractivity contribution >= 4 is 0 Å². The van der Waals surface area contributed by atoms with Gasteiger partial charge < -0.3 is 15.3 Å². The first-order valence-corrected chi connectivity index (χ1v) is 8.51. The van der Waals surface area contributed by atoms with Crippen molar-refractivity contribution < 1.29 is 15.3 Å². The van der Waals surface area contributed by atoms with Gasteiger partial charge in [-0.15, -0.1) is 0 Å². The molecule has 0 aromatic carbocycles. The number of rotatable bonds is 0. The van der Waals surface area contributed by atoms with Crippen LogP contribution in [-0.4, -0.2) is 33.6 Å². The van der Waals surface area contributed by atoms with E-state index in [4.69, 9.17) is 0 Å². The monoisotopic (exact) mass is 302 g/mol. The molecule has 0 aromatic heterocycles. The fraction of sp³-hybridized carbons (Fsp3) is 0.684. The normalized spacial score (nSPS) is 53.2.